The molecule has 0 atom stereocenters. The molecule has 0 radical (unpaired) electrons. The normalized spacial score (nSPS) is 11.5. The zero-order valence-electron chi connectivity index (χ0n) is 11.4. The minimum atomic E-state index is -4.61. The van der Waals surface area contributed by atoms with Crippen molar-refractivity contribution in [1.29, 1.82) is 0 Å². The molecule has 9 heteroatoms. The molecule has 0 aliphatic carbocycles. The van der Waals surface area contributed by atoms with Crippen molar-refractivity contribution in [2.45, 2.75) is 20.0 Å². The second-order valence-corrected chi connectivity index (χ2v) is 4.50. The van der Waals surface area contributed by atoms with Gasteiger partial charge in [-0.05, 0) is 19.4 Å². The summed E-state index contributed by atoms with van der Waals surface area (Å²) < 4.78 is 37.4. The van der Waals surface area contributed by atoms with Crippen molar-refractivity contribution in [2.75, 3.05) is 19.7 Å². The minimum Gasteiger partial charge on any atom is -0.477 e. The Kier molecular flexibility index (Phi) is 5.00. The van der Waals surface area contributed by atoms with E-state index in [1.807, 2.05) is 0 Å². The number of carbonyl (C=O) groups excluding carboxylic acids is 1. The lowest BCUT2D eigenvalue weighted by molar-refractivity contribution is -0.141. The molecule has 0 fully saturated rings. The van der Waals surface area contributed by atoms with Crippen LogP contribution in [-0.2, 0) is 0 Å². The van der Waals surface area contributed by atoms with E-state index in [0.29, 0.717) is 4.90 Å². The number of hydrogen-bond donors (Lipinski definition) is 3. The average Bonchev–Trinajstić information content (AvgIpc) is 2.62. The van der Waals surface area contributed by atoms with Gasteiger partial charge in [0, 0.05) is 12.2 Å². The van der Waals surface area contributed by atoms with Crippen LogP contribution >= 0.6 is 0 Å². The number of carboxylic acids is 1. The average molecular weight is 308 g/mol. The Balaban J connectivity index is 3.18. The van der Waals surface area contributed by atoms with Crippen LogP contribution < -0.4 is 0 Å². The van der Waals surface area contributed by atoms with Gasteiger partial charge >= 0.3 is 12.1 Å². The predicted molar refractivity (Wildman–Crippen MR) is 66.3 cm³/mol. The van der Waals surface area contributed by atoms with E-state index in [1.54, 1.807) is 0 Å². The maximum atomic E-state index is 12.5. The van der Waals surface area contributed by atoms with Gasteiger partial charge in [-0.15, -0.1) is 0 Å². The van der Waals surface area contributed by atoms with E-state index in [0.717, 1.165) is 0 Å². The Morgan fingerprint density at radius 3 is 2.24 bits per heavy atom. The number of hydrogen-bond acceptors (Lipinski definition) is 3. The summed E-state index contributed by atoms with van der Waals surface area (Å²) in [4.78, 5) is 26.1. The van der Waals surface area contributed by atoms with Crippen LogP contribution in [0, 0.1) is 13.8 Å². The van der Waals surface area contributed by atoms with Gasteiger partial charge in [0.2, 0.25) is 0 Å². The number of aromatic carboxylic acids is 1. The molecule has 118 valence electrons. The van der Waals surface area contributed by atoms with Gasteiger partial charge in [0.05, 0.1) is 12.2 Å². The summed E-state index contributed by atoms with van der Waals surface area (Å²) in [5, 5.41) is 17.7. The molecule has 1 heterocycles. The summed E-state index contributed by atoms with van der Waals surface area (Å²) in [5.74, 6) is -2.28. The smallest absolute Gasteiger partial charge is 0.406 e. The molecule has 0 aliphatic heterocycles. The highest BCUT2D eigenvalue weighted by Gasteiger charge is 2.34. The fourth-order valence-electron chi connectivity index (χ4n) is 2.03. The van der Waals surface area contributed by atoms with Crippen LogP contribution in [-0.4, -0.2) is 57.8 Å². The van der Waals surface area contributed by atoms with Crippen molar-refractivity contribution in [3.63, 3.8) is 0 Å². The number of aliphatic hydroxyl groups excluding tert-OH is 1. The van der Waals surface area contributed by atoms with Gasteiger partial charge in [-0.1, -0.05) is 0 Å². The number of nitrogens with zero attached hydrogens (tertiary/aromatic N) is 1. The van der Waals surface area contributed by atoms with Crippen molar-refractivity contribution >= 4 is 11.9 Å². The first kappa shape index (κ1) is 17.0. The third-order valence-electron chi connectivity index (χ3n) is 2.89. The Morgan fingerprint density at radius 2 is 1.86 bits per heavy atom. The molecule has 6 nitrogen and oxygen atoms in total. The van der Waals surface area contributed by atoms with Gasteiger partial charge in [-0.2, -0.15) is 13.2 Å². The van der Waals surface area contributed by atoms with Crippen LogP contribution in [0.4, 0.5) is 13.2 Å². The topological polar surface area (TPSA) is 93.6 Å². The zero-order valence-corrected chi connectivity index (χ0v) is 11.4. The number of aryl methyl sites for hydroxylation is 1. The summed E-state index contributed by atoms with van der Waals surface area (Å²) in [5.41, 5.74) is -0.132. The zero-order chi connectivity index (χ0) is 16.4. The van der Waals surface area contributed by atoms with Crippen LogP contribution in [0.1, 0.15) is 32.1 Å². The number of H-pyrrole nitrogens is 1. The van der Waals surface area contributed by atoms with Crippen LogP contribution in [0.25, 0.3) is 0 Å². The van der Waals surface area contributed by atoms with E-state index in [2.05, 4.69) is 4.98 Å². The first-order valence-corrected chi connectivity index (χ1v) is 5.97. The third kappa shape index (κ3) is 3.97. The molecule has 0 bridgehead atoms. The highest BCUT2D eigenvalue weighted by atomic mass is 19.4. The molecule has 0 saturated heterocycles. The van der Waals surface area contributed by atoms with Crippen LogP contribution in [0.5, 0.6) is 0 Å². The minimum absolute atomic E-state index is 0.0649. The number of nitrogens with one attached hydrogen (secondary N) is 1. The van der Waals surface area contributed by atoms with E-state index >= 15 is 0 Å². The van der Waals surface area contributed by atoms with E-state index in [4.69, 9.17) is 10.2 Å². The molecule has 1 amide bonds. The number of carboxylic acid groups (broad SMARTS) is 1. The van der Waals surface area contributed by atoms with Crippen molar-refractivity contribution in [1.82, 2.24) is 9.88 Å². The fraction of sp³-hybridized carbons (Fsp3) is 0.500. The van der Waals surface area contributed by atoms with Gasteiger partial charge in [0.15, 0.2) is 0 Å². The van der Waals surface area contributed by atoms with Gasteiger partial charge in [-0.3, -0.25) is 4.79 Å². The van der Waals surface area contributed by atoms with Gasteiger partial charge in [0.1, 0.15) is 12.2 Å². The Bertz CT molecular complexity index is 551. The number of aromatic amines is 1. The van der Waals surface area contributed by atoms with Crippen LogP contribution in [0.2, 0.25) is 0 Å². The SMILES string of the molecule is Cc1[nH]c(C(=O)O)c(C)c1C(=O)N(CCO)CC(F)(F)F. The molecule has 0 saturated carbocycles. The molecule has 0 aliphatic rings. The highest BCUT2D eigenvalue weighted by Crippen LogP contribution is 2.23. The van der Waals surface area contributed by atoms with Gasteiger partial charge in [0.25, 0.3) is 5.91 Å². The molecular weight excluding hydrogens is 293 g/mol. The molecule has 3 N–H and O–H groups in total. The van der Waals surface area contributed by atoms with Crippen molar-refractivity contribution in [3.8, 4) is 0 Å². The van der Waals surface area contributed by atoms with E-state index < -0.39 is 37.7 Å². The number of alkyl halides is 3. The molecular formula is C12H15F3N2O4. The second kappa shape index (κ2) is 6.17. The number of carbonyl (C=O) groups is 2. The summed E-state index contributed by atoms with van der Waals surface area (Å²) >= 11 is 0. The molecule has 0 unspecified atom stereocenters. The van der Waals surface area contributed by atoms with Crippen molar-refractivity contribution in [3.05, 3.63) is 22.5 Å². The monoisotopic (exact) mass is 308 g/mol. The summed E-state index contributed by atoms with van der Waals surface area (Å²) in [7, 11) is 0. The number of aromatic nitrogens is 1. The van der Waals surface area contributed by atoms with Crippen LogP contribution in [0.15, 0.2) is 0 Å². The van der Waals surface area contributed by atoms with Crippen molar-refractivity contribution < 1.29 is 33.0 Å². The maximum absolute atomic E-state index is 12.5. The second-order valence-electron chi connectivity index (χ2n) is 4.50. The quantitative estimate of drug-likeness (QED) is 0.765. The molecule has 1 rings (SSSR count). The van der Waals surface area contributed by atoms with Gasteiger partial charge in [-0.25, -0.2) is 4.79 Å². The van der Waals surface area contributed by atoms with Gasteiger partial charge < -0.3 is 20.1 Å². The number of amides is 1. The lowest BCUT2D eigenvalue weighted by Gasteiger charge is -2.23. The summed E-state index contributed by atoms with van der Waals surface area (Å²) in [6, 6.07) is 0. The summed E-state index contributed by atoms with van der Waals surface area (Å²) in [6.45, 7) is 0.0993. The molecule has 1 aromatic heterocycles. The van der Waals surface area contributed by atoms with E-state index in [1.165, 1.54) is 13.8 Å². The van der Waals surface area contributed by atoms with E-state index in [9.17, 15) is 22.8 Å². The van der Waals surface area contributed by atoms with E-state index in [-0.39, 0.29) is 22.5 Å². The number of aliphatic hydroxyl groups is 1. The third-order valence-corrected chi connectivity index (χ3v) is 2.89. The molecule has 1 aromatic rings. The van der Waals surface area contributed by atoms with Crippen LogP contribution in [0.3, 0.4) is 0 Å². The maximum Gasteiger partial charge on any atom is 0.406 e. The standard InChI is InChI=1S/C12H15F3N2O4/c1-6-8(7(2)16-9(6)11(20)21)10(19)17(3-4-18)5-12(13,14)15/h16,18H,3-5H2,1-2H3,(H,20,21). The number of halogens is 3. The Morgan fingerprint density at radius 1 is 1.29 bits per heavy atom. The first-order chi connectivity index (χ1) is 9.58. The lowest BCUT2D eigenvalue weighted by atomic mass is 10.1. The highest BCUT2D eigenvalue weighted by molar-refractivity contribution is 6.00. The molecule has 21 heavy (non-hydrogen) atoms. The Labute approximate surface area is 118 Å². The first-order valence-electron chi connectivity index (χ1n) is 5.97. The van der Waals surface area contributed by atoms with Crippen molar-refractivity contribution in [2.24, 2.45) is 0 Å². The lowest BCUT2D eigenvalue weighted by Crippen LogP contribution is -2.41. The largest absolute Gasteiger partial charge is 0.477 e. The molecule has 0 spiro atoms. The fourth-order valence-corrected chi connectivity index (χ4v) is 2.03. The summed E-state index contributed by atoms with van der Waals surface area (Å²) in [6.07, 6.45) is -4.61. The molecule has 0 aromatic carbocycles. The number of rotatable bonds is 5. The predicted octanol–water partition coefficient (Wildman–Crippen LogP) is 1.33. The Hall–Kier alpha value is -2.03.